The van der Waals surface area contributed by atoms with Crippen molar-refractivity contribution in [2.24, 2.45) is 0 Å². The van der Waals surface area contributed by atoms with Crippen LogP contribution in [-0.2, 0) is 27.3 Å². The summed E-state index contributed by atoms with van der Waals surface area (Å²) in [6.45, 7) is 3.08. The highest BCUT2D eigenvalue weighted by Crippen LogP contribution is 2.32. The Balaban J connectivity index is 1.37. The molecule has 2 aliphatic heterocycles. The zero-order valence-corrected chi connectivity index (χ0v) is 25.4. The number of benzene rings is 3. The molecule has 2 heterocycles. The van der Waals surface area contributed by atoms with Crippen LogP contribution in [0.3, 0.4) is 0 Å². The summed E-state index contributed by atoms with van der Waals surface area (Å²) >= 11 is 12.5. The summed E-state index contributed by atoms with van der Waals surface area (Å²) < 4.78 is 0. The summed E-state index contributed by atoms with van der Waals surface area (Å²) in [5, 5.41) is 10.0. The van der Waals surface area contributed by atoms with Crippen LogP contribution in [-0.4, -0.2) is 53.1 Å². The van der Waals surface area contributed by atoms with Gasteiger partial charge in [0.1, 0.15) is 11.6 Å². The summed E-state index contributed by atoms with van der Waals surface area (Å²) in [6.07, 6.45) is 1.06. The van der Waals surface area contributed by atoms with Crippen molar-refractivity contribution < 1.29 is 19.2 Å². The van der Waals surface area contributed by atoms with Crippen LogP contribution < -0.4 is 16.0 Å². The van der Waals surface area contributed by atoms with Gasteiger partial charge in [0.05, 0.1) is 10.0 Å². The summed E-state index contributed by atoms with van der Waals surface area (Å²) in [6, 6.07) is 19.0. The van der Waals surface area contributed by atoms with E-state index in [1.54, 1.807) is 48.2 Å². The number of nitrogens with zero attached hydrogens (tertiary/aromatic N) is 1. The van der Waals surface area contributed by atoms with Crippen molar-refractivity contribution >= 4 is 52.4 Å². The molecule has 8 nitrogen and oxygen atoms in total. The highest BCUT2D eigenvalue weighted by molar-refractivity contribution is 6.42. The van der Waals surface area contributed by atoms with Crippen molar-refractivity contribution in [2.45, 2.75) is 57.2 Å². The van der Waals surface area contributed by atoms with E-state index in [2.05, 4.69) is 16.0 Å². The maximum absolute atomic E-state index is 14.1. The van der Waals surface area contributed by atoms with Crippen molar-refractivity contribution in [2.75, 3.05) is 18.4 Å². The van der Waals surface area contributed by atoms with E-state index in [1.165, 1.54) is 0 Å². The first-order valence-electron chi connectivity index (χ1n) is 14.4. The normalized spacial score (nSPS) is 17.5. The Bertz CT molecular complexity index is 1540. The first-order valence-corrected chi connectivity index (χ1v) is 15.2. The van der Waals surface area contributed by atoms with Crippen molar-refractivity contribution in [1.29, 1.82) is 0 Å². The van der Waals surface area contributed by atoms with Gasteiger partial charge in [-0.05, 0) is 61.7 Å². The fourth-order valence-electron chi connectivity index (χ4n) is 5.76. The predicted molar refractivity (Wildman–Crippen MR) is 167 cm³/mol. The van der Waals surface area contributed by atoms with Crippen LogP contribution >= 0.6 is 23.2 Å². The van der Waals surface area contributed by atoms with Gasteiger partial charge < -0.3 is 20.9 Å². The maximum Gasteiger partial charge on any atom is 0.250 e. The molecular formula is C33H34Cl2N4O4. The zero-order chi connectivity index (χ0) is 30.6. The van der Waals surface area contributed by atoms with Gasteiger partial charge in [-0.15, -0.1) is 0 Å². The van der Waals surface area contributed by atoms with Crippen LogP contribution in [0.15, 0.2) is 66.7 Å². The number of piperidine rings is 1. The zero-order valence-electron chi connectivity index (χ0n) is 23.9. The third kappa shape index (κ3) is 6.77. The minimum Gasteiger partial charge on any atom is -0.340 e. The van der Waals surface area contributed by atoms with E-state index in [9.17, 15) is 19.2 Å². The molecule has 0 radical (unpaired) electrons. The van der Waals surface area contributed by atoms with E-state index in [0.717, 1.165) is 11.1 Å². The van der Waals surface area contributed by atoms with E-state index in [1.807, 2.05) is 30.3 Å². The van der Waals surface area contributed by atoms with Crippen LogP contribution in [0, 0.1) is 6.92 Å². The van der Waals surface area contributed by atoms with Gasteiger partial charge in [0.2, 0.25) is 17.7 Å². The van der Waals surface area contributed by atoms with Crippen molar-refractivity contribution in [3.63, 3.8) is 0 Å². The Kier molecular flexibility index (Phi) is 9.49. The maximum atomic E-state index is 14.1. The highest BCUT2D eigenvalue weighted by atomic mass is 35.5. The molecule has 3 N–H and O–H groups in total. The molecule has 3 aromatic carbocycles. The third-order valence-electron chi connectivity index (χ3n) is 8.37. The third-order valence-corrected chi connectivity index (χ3v) is 9.27. The van der Waals surface area contributed by atoms with E-state index in [-0.39, 0.29) is 37.0 Å². The van der Waals surface area contributed by atoms with Gasteiger partial charge in [0.15, 0.2) is 5.78 Å². The summed E-state index contributed by atoms with van der Waals surface area (Å²) in [7, 11) is 0. The standard InChI is InChI=1S/C33H34Cl2N4O4/c1-21-26(12-11-25(34)30(21)35)37-32(43)33(15-17-36-18-16-33)38-31(42)27-19-23-9-5-6-10-24(23)20-39(27)29(41)14-13-28(40)22-7-3-2-4-8-22/h2-12,27,36H,13-20H2,1H3,(H,37,43)(H,38,42)/t27-/m0/s1. The largest absolute Gasteiger partial charge is 0.340 e. The lowest BCUT2D eigenvalue weighted by atomic mass is 9.85. The minimum atomic E-state index is -1.20. The number of carbonyl (C=O) groups is 4. The molecule has 10 heteroatoms. The average molecular weight is 622 g/mol. The molecule has 3 amide bonds. The van der Waals surface area contributed by atoms with Gasteiger partial charge >= 0.3 is 0 Å². The van der Waals surface area contributed by atoms with Gasteiger partial charge in [-0.25, -0.2) is 0 Å². The van der Waals surface area contributed by atoms with Crippen LogP contribution in [0.5, 0.6) is 0 Å². The molecule has 0 aliphatic carbocycles. The number of amides is 3. The molecular weight excluding hydrogens is 587 g/mol. The molecule has 0 aromatic heterocycles. The first kappa shape index (κ1) is 30.7. The Morgan fingerprint density at radius 2 is 1.58 bits per heavy atom. The summed E-state index contributed by atoms with van der Waals surface area (Å²) in [4.78, 5) is 55.8. The molecule has 3 aromatic rings. The Morgan fingerprint density at radius 3 is 2.30 bits per heavy atom. The number of Topliss-reactive ketones (excluding diaryl/α,β-unsaturated/α-hetero) is 1. The lowest BCUT2D eigenvalue weighted by Gasteiger charge is -2.41. The van der Waals surface area contributed by atoms with E-state index in [4.69, 9.17) is 23.2 Å². The number of carbonyl (C=O) groups excluding carboxylic acids is 4. The predicted octanol–water partition coefficient (Wildman–Crippen LogP) is 5.10. The first-order chi connectivity index (χ1) is 20.7. The number of halogens is 2. The second-order valence-electron chi connectivity index (χ2n) is 11.1. The monoisotopic (exact) mass is 620 g/mol. The van der Waals surface area contributed by atoms with Gasteiger partial charge in [-0.3, -0.25) is 19.2 Å². The molecule has 2 aliphatic rings. The van der Waals surface area contributed by atoms with Crippen LogP contribution in [0.25, 0.3) is 0 Å². The van der Waals surface area contributed by atoms with Gasteiger partial charge in [0.25, 0.3) is 0 Å². The Hall–Kier alpha value is -3.72. The Morgan fingerprint density at radius 1 is 0.907 bits per heavy atom. The molecule has 0 bridgehead atoms. The van der Waals surface area contributed by atoms with Crippen LogP contribution in [0.1, 0.15) is 52.7 Å². The molecule has 224 valence electrons. The molecule has 1 saturated heterocycles. The van der Waals surface area contributed by atoms with Crippen LogP contribution in [0.4, 0.5) is 5.69 Å². The molecule has 1 atom stereocenters. The van der Waals surface area contributed by atoms with Crippen molar-refractivity contribution in [3.8, 4) is 0 Å². The lowest BCUT2D eigenvalue weighted by Crippen LogP contribution is -2.65. The number of fused-ring (bicyclic) bond motifs is 1. The second-order valence-corrected chi connectivity index (χ2v) is 11.9. The van der Waals surface area contributed by atoms with E-state index < -0.39 is 17.5 Å². The quantitative estimate of drug-likeness (QED) is 0.304. The number of ketones is 1. The minimum absolute atomic E-state index is 0.0220. The molecule has 43 heavy (non-hydrogen) atoms. The smallest absolute Gasteiger partial charge is 0.250 e. The number of rotatable bonds is 8. The molecule has 0 spiro atoms. The SMILES string of the molecule is Cc1c(NC(=O)C2(NC(=O)[C@@H]3Cc4ccccc4CN3C(=O)CCC(=O)c3ccccc3)CCNCC2)ccc(Cl)c1Cl. The molecule has 0 saturated carbocycles. The van der Waals surface area contributed by atoms with E-state index >= 15 is 0 Å². The van der Waals surface area contributed by atoms with Gasteiger partial charge in [-0.1, -0.05) is 77.8 Å². The summed E-state index contributed by atoms with van der Waals surface area (Å²) in [5.74, 6) is -1.17. The number of hydrogen-bond acceptors (Lipinski definition) is 5. The Labute approximate surface area is 261 Å². The average Bonchev–Trinajstić information content (AvgIpc) is 3.03. The van der Waals surface area contributed by atoms with Gasteiger partial charge in [0, 0.05) is 37.1 Å². The number of hydrogen-bond donors (Lipinski definition) is 3. The van der Waals surface area contributed by atoms with Crippen LogP contribution in [0.2, 0.25) is 10.0 Å². The lowest BCUT2D eigenvalue weighted by molar-refractivity contribution is -0.143. The highest BCUT2D eigenvalue weighted by Gasteiger charge is 2.44. The summed E-state index contributed by atoms with van der Waals surface area (Å²) in [5.41, 5.74) is 2.42. The van der Waals surface area contributed by atoms with Gasteiger partial charge in [-0.2, -0.15) is 0 Å². The van der Waals surface area contributed by atoms with Crippen molar-refractivity contribution in [3.05, 3.63) is 99.0 Å². The van der Waals surface area contributed by atoms with E-state index in [0.29, 0.717) is 59.2 Å². The topological polar surface area (TPSA) is 108 Å². The molecule has 1 fully saturated rings. The molecule has 5 rings (SSSR count). The second kappa shape index (κ2) is 13.3. The fourth-order valence-corrected chi connectivity index (χ4v) is 6.13. The number of nitrogens with one attached hydrogen (secondary N) is 3. The fraction of sp³-hybridized carbons (Fsp3) is 0.333. The number of anilines is 1. The van der Waals surface area contributed by atoms with Crippen molar-refractivity contribution in [1.82, 2.24) is 15.5 Å². The molecule has 0 unspecified atom stereocenters.